The van der Waals surface area contributed by atoms with Gasteiger partial charge in [-0.1, -0.05) is 37.3 Å². The van der Waals surface area contributed by atoms with Gasteiger partial charge in [-0.25, -0.2) is 0 Å². The normalized spacial score (nSPS) is 22.2. The molecule has 18 heavy (non-hydrogen) atoms. The van der Waals surface area contributed by atoms with Crippen molar-refractivity contribution in [2.24, 2.45) is 11.7 Å². The Morgan fingerprint density at radius 2 is 2.11 bits per heavy atom. The molecule has 0 radical (unpaired) electrons. The predicted octanol–water partition coefficient (Wildman–Crippen LogP) is 3.03. The maximum absolute atomic E-state index is 6.00. The Bertz CT molecular complexity index is 336. The molecule has 2 rings (SSSR count). The Morgan fingerprint density at radius 3 is 2.83 bits per heavy atom. The Hall–Kier alpha value is -0.860. The number of hydrogen-bond acceptors (Lipinski definition) is 2. The Kier molecular flexibility index (Phi) is 5.21. The monoisotopic (exact) mass is 246 g/mol. The number of nitrogens with two attached hydrogens (primary N) is 1. The topological polar surface area (TPSA) is 29.3 Å². The van der Waals surface area contributed by atoms with E-state index in [1.165, 1.54) is 37.9 Å². The molecule has 0 amide bonds. The van der Waals surface area contributed by atoms with E-state index in [9.17, 15) is 0 Å². The number of rotatable bonds is 6. The molecule has 0 aliphatic carbocycles. The molecule has 2 nitrogen and oxygen atoms in total. The molecular formula is C16H26N2. The van der Waals surface area contributed by atoms with E-state index in [1.807, 2.05) is 0 Å². The Balaban J connectivity index is 1.72. The van der Waals surface area contributed by atoms with Crippen LogP contribution in [0.3, 0.4) is 0 Å². The van der Waals surface area contributed by atoms with Crippen molar-refractivity contribution in [3.05, 3.63) is 35.9 Å². The van der Waals surface area contributed by atoms with Crippen LogP contribution in [0.1, 0.15) is 38.2 Å². The molecule has 1 aliphatic rings. The van der Waals surface area contributed by atoms with Crippen LogP contribution in [-0.2, 0) is 6.54 Å². The number of likely N-dealkylation sites (tertiary alicyclic amines) is 1. The highest BCUT2D eigenvalue weighted by molar-refractivity contribution is 5.14. The third-order valence-electron chi connectivity index (χ3n) is 4.09. The summed E-state index contributed by atoms with van der Waals surface area (Å²) in [6.45, 7) is 5.80. The molecular weight excluding hydrogens is 220 g/mol. The zero-order chi connectivity index (χ0) is 12.8. The summed E-state index contributed by atoms with van der Waals surface area (Å²) in [6, 6.07) is 11.2. The van der Waals surface area contributed by atoms with Gasteiger partial charge in [-0.2, -0.15) is 0 Å². The van der Waals surface area contributed by atoms with E-state index in [0.717, 1.165) is 18.9 Å². The minimum Gasteiger partial charge on any atom is -0.328 e. The quantitative estimate of drug-likeness (QED) is 0.836. The van der Waals surface area contributed by atoms with Crippen molar-refractivity contribution in [1.29, 1.82) is 0 Å². The standard InChI is InChI=1S/C16H26N2/c1-2-16(17)9-8-15-10-11-18(13-15)12-14-6-4-3-5-7-14/h3-7,15-16H,2,8-13,17H2,1H3. The molecule has 100 valence electrons. The molecule has 1 saturated heterocycles. The fourth-order valence-electron chi connectivity index (χ4n) is 2.79. The first-order valence-electron chi connectivity index (χ1n) is 7.29. The van der Waals surface area contributed by atoms with Gasteiger partial charge in [0.25, 0.3) is 0 Å². The van der Waals surface area contributed by atoms with Gasteiger partial charge in [-0.3, -0.25) is 4.90 Å². The molecule has 0 spiro atoms. The van der Waals surface area contributed by atoms with E-state index in [0.29, 0.717) is 6.04 Å². The summed E-state index contributed by atoms with van der Waals surface area (Å²) in [4.78, 5) is 2.58. The van der Waals surface area contributed by atoms with Crippen LogP contribution in [0.5, 0.6) is 0 Å². The highest BCUT2D eigenvalue weighted by atomic mass is 15.1. The second-order valence-electron chi connectivity index (χ2n) is 5.62. The first-order valence-corrected chi connectivity index (χ1v) is 7.29. The highest BCUT2D eigenvalue weighted by Gasteiger charge is 2.22. The molecule has 0 aromatic heterocycles. The summed E-state index contributed by atoms with van der Waals surface area (Å²) < 4.78 is 0. The fourth-order valence-corrected chi connectivity index (χ4v) is 2.79. The maximum atomic E-state index is 6.00. The van der Waals surface area contributed by atoms with Gasteiger partial charge in [-0.05, 0) is 43.7 Å². The summed E-state index contributed by atoms with van der Waals surface area (Å²) in [5.74, 6) is 0.867. The van der Waals surface area contributed by atoms with E-state index >= 15 is 0 Å². The van der Waals surface area contributed by atoms with Crippen LogP contribution < -0.4 is 5.73 Å². The molecule has 0 bridgehead atoms. The fraction of sp³-hybridized carbons (Fsp3) is 0.625. The van der Waals surface area contributed by atoms with E-state index in [1.54, 1.807) is 0 Å². The van der Waals surface area contributed by atoms with Crippen LogP contribution in [0.25, 0.3) is 0 Å². The molecule has 2 N–H and O–H groups in total. The highest BCUT2D eigenvalue weighted by Crippen LogP contribution is 2.23. The van der Waals surface area contributed by atoms with Crippen molar-refractivity contribution in [1.82, 2.24) is 4.90 Å². The Morgan fingerprint density at radius 1 is 1.33 bits per heavy atom. The summed E-state index contributed by atoms with van der Waals surface area (Å²) in [5, 5.41) is 0. The lowest BCUT2D eigenvalue weighted by molar-refractivity contribution is 0.310. The van der Waals surface area contributed by atoms with E-state index in [2.05, 4.69) is 42.2 Å². The third kappa shape index (κ3) is 4.11. The summed E-state index contributed by atoms with van der Waals surface area (Å²) in [5.41, 5.74) is 7.43. The van der Waals surface area contributed by atoms with E-state index < -0.39 is 0 Å². The second-order valence-corrected chi connectivity index (χ2v) is 5.62. The van der Waals surface area contributed by atoms with Crippen LogP contribution in [0.2, 0.25) is 0 Å². The van der Waals surface area contributed by atoms with Crippen molar-refractivity contribution >= 4 is 0 Å². The summed E-state index contributed by atoms with van der Waals surface area (Å²) in [6.07, 6.45) is 4.96. The minimum atomic E-state index is 0.410. The zero-order valence-electron chi connectivity index (χ0n) is 11.5. The molecule has 2 heteroatoms. The Labute approximate surface area is 111 Å². The average molecular weight is 246 g/mol. The number of benzene rings is 1. The average Bonchev–Trinajstić information content (AvgIpc) is 2.85. The van der Waals surface area contributed by atoms with Gasteiger partial charge in [0.2, 0.25) is 0 Å². The van der Waals surface area contributed by atoms with Crippen molar-refractivity contribution in [3.63, 3.8) is 0 Å². The predicted molar refractivity (Wildman–Crippen MR) is 77.3 cm³/mol. The van der Waals surface area contributed by atoms with Gasteiger partial charge >= 0.3 is 0 Å². The first-order chi connectivity index (χ1) is 8.78. The van der Waals surface area contributed by atoms with Crippen molar-refractivity contribution in [2.45, 2.75) is 45.2 Å². The molecule has 1 aromatic carbocycles. The van der Waals surface area contributed by atoms with Gasteiger partial charge in [0.05, 0.1) is 0 Å². The third-order valence-corrected chi connectivity index (χ3v) is 4.09. The number of nitrogens with zero attached hydrogens (tertiary/aromatic N) is 1. The first kappa shape index (κ1) is 13.6. The van der Waals surface area contributed by atoms with Crippen molar-refractivity contribution in [3.8, 4) is 0 Å². The van der Waals surface area contributed by atoms with Crippen LogP contribution in [-0.4, -0.2) is 24.0 Å². The lowest BCUT2D eigenvalue weighted by atomic mass is 9.98. The molecule has 1 aliphatic heterocycles. The minimum absolute atomic E-state index is 0.410. The molecule has 1 fully saturated rings. The molecule has 2 atom stereocenters. The molecule has 1 aromatic rings. The van der Waals surface area contributed by atoms with Gasteiger partial charge < -0.3 is 5.73 Å². The maximum Gasteiger partial charge on any atom is 0.0233 e. The van der Waals surface area contributed by atoms with Crippen molar-refractivity contribution < 1.29 is 0 Å². The van der Waals surface area contributed by atoms with Gasteiger partial charge in [0.15, 0.2) is 0 Å². The largest absolute Gasteiger partial charge is 0.328 e. The van der Waals surface area contributed by atoms with E-state index in [4.69, 9.17) is 5.73 Å². The van der Waals surface area contributed by atoms with Gasteiger partial charge in [-0.15, -0.1) is 0 Å². The van der Waals surface area contributed by atoms with Gasteiger partial charge in [0.1, 0.15) is 0 Å². The molecule has 1 heterocycles. The van der Waals surface area contributed by atoms with Gasteiger partial charge in [0, 0.05) is 19.1 Å². The van der Waals surface area contributed by atoms with Crippen LogP contribution in [0, 0.1) is 5.92 Å². The van der Waals surface area contributed by atoms with Crippen LogP contribution in [0.15, 0.2) is 30.3 Å². The number of hydrogen-bond donors (Lipinski definition) is 1. The lowest BCUT2D eigenvalue weighted by Crippen LogP contribution is -2.22. The molecule has 0 saturated carbocycles. The van der Waals surface area contributed by atoms with E-state index in [-0.39, 0.29) is 0 Å². The van der Waals surface area contributed by atoms with Crippen LogP contribution >= 0.6 is 0 Å². The van der Waals surface area contributed by atoms with Crippen LogP contribution in [0.4, 0.5) is 0 Å². The summed E-state index contributed by atoms with van der Waals surface area (Å²) in [7, 11) is 0. The second kappa shape index (κ2) is 6.91. The SMILES string of the molecule is CCC(N)CCC1CCN(Cc2ccccc2)C1. The lowest BCUT2D eigenvalue weighted by Gasteiger charge is -2.17. The molecule has 2 unspecified atom stereocenters. The zero-order valence-corrected chi connectivity index (χ0v) is 11.5. The van der Waals surface area contributed by atoms with Crippen molar-refractivity contribution in [2.75, 3.05) is 13.1 Å². The summed E-state index contributed by atoms with van der Waals surface area (Å²) >= 11 is 0. The smallest absolute Gasteiger partial charge is 0.0233 e.